The van der Waals surface area contributed by atoms with Crippen molar-refractivity contribution >= 4 is 17.3 Å². The summed E-state index contributed by atoms with van der Waals surface area (Å²) in [5, 5.41) is 0. The van der Waals surface area contributed by atoms with Crippen LogP contribution in [0.5, 0.6) is 0 Å². The summed E-state index contributed by atoms with van der Waals surface area (Å²) in [5.74, 6) is 0.0341. The summed E-state index contributed by atoms with van der Waals surface area (Å²) in [6, 6.07) is 7.82. The monoisotopic (exact) mass is 293 g/mol. The molecule has 1 aromatic carbocycles. The molecule has 116 valence electrons. The van der Waals surface area contributed by atoms with Crippen molar-refractivity contribution in [3.63, 3.8) is 0 Å². The number of amides is 1. The SMILES string of the molecule is COCCOCC(=O)N1CCN(c2ccccc2N)CC1. The molecule has 1 aromatic rings. The molecule has 0 aromatic heterocycles. The van der Waals surface area contributed by atoms with Gasteiger partial charge in [-0.2, -0.15) is 0 Å². The van der Waals surface area contributed by atoms with E-state index in [0.717, 1.165) is 24.5 Å². The molecule has 0 spiro atoms. The fourth-order valence-corrected chi connectivity index (χ4v) is 2.37. The molecule has 1 amide bonds. The number of nitrogen functional groups attached to an aromatic ring is 1. The molecule has 1 fully saturated rings. The Bertz CT molecular complexity index is 459. The van der Waals surface area contributed by atoms with Crippen molar-refractivity contribution in [3.8, 4) is 0 Å². The first-order valence-corrected chi connectivity index (χ1v) is 7.16. The molecule has 6 nitrogen and oxygen atoms in total. The number of piperazine rings is 1. The van der Waals surface area contributed by atoms with Crippen LogP contribution in [0.4, 0.5) is 11.4 Å². The molecular weight excluding hydrogens is 270 g/mol. The summed E-state index contributed by atoms with van der Waals surface area (Å²) >= 11 is 0. The number of hydrogen-bond acceptors (Lipinski definition) is 5. The lowest BCUT2D eigenvalue weighted by Gasteiger charge is -2.36. The van der Waals surface area contributed by atoms with E-state index in [1.807, 2.05) is 29.2 Å². The second kappa shape index (κ2) is 7.85. The largest absolute Gasteiger partial charge is 0.397 e. The van der Waals surface area contributed by atoms with Crippen LogP contribution in [0, 0.1) is 0 Å². The van der Waals surface area contributed by atoms with Crippen molar-refractivity contribution in [1.82, 2.24) is 4.90 Å². The number of carbonyl (C=O) groups is 1. The van der Waals surface area contributed by atoms with Gasteiger partial charge < -0.3 is 25.0 Å². The quantitative estimate of drug-likeness (QED) is 0.614. The first-order chi connectivity index (χ1) is 10.2. The van der Waals surface area contributed by atoms with Crippen molar-refractivity contribution in [2.45, 2.75) is 0 Å². The lowest BCUT2D eigenvalue weighted by molar-refractivity contribution is -0.136. The Hall–Kier alpha value is -1.79. The highest BCUT2D eigenvalue weighted by molar-refractivity contribution is 5.78. The molecule has 21 heavy (non-hydrogen) atoms. The van der Waals surface area contributed by atoms with Crippen LogP contribution in [0.3, 0.4) is 0 Å². The van der Waals surface area contributed by atoms with Gasteiger partial charge in [-0.25, -0.2) is 0 Å². The minimum atomic E-state index is 0.0341. The Morgan fingerprint density at radius 1 is 1.19 bits per heavy atom. The van der Waals surface area contributed by atoms with E-state index in [1.54, 1.807) is 7.11 Å². The third kappa shape index (κ3) is 4.34. The zero-order valence-corrected chi connectivity index (χ0v) is 12.5. The van der Waals surface area contributed by atoms with Crippen LogP contribution >= 0.6 is 0 Å². The molecule has 0 saturated carbocycles. The van der Waals surface area contributed by atoms with Crippen LogP contribution in [-0.2, 0) is 14.3 Å². The number of nitrogens with zero attached hydrogens (tertiary/aromatic N) is 2. The van der Waals surface area contributed by atoms with Crippen LogP contribution < -0.4 is 10.6 Å². The van der Waals surface area contributed by atoms with E-state index in [2.05, 4.69) is 4.90 Å². The Kier molecular flexibility index (Phi) is 5.83. The number of hydrogen-bond donors (Lipinski definition) is 1. The molecule has 0 radical (unpaired) electrons. The second-order valence-corrected chi connectivity index (χ2v) is 4.97. The van der Waals surface area contributed by atoms with E-state index in [4.69, 9.17) is 15.2 Å². The van der Waals surface area contributed by atoms with E-state index in [1.165, 1.54) is 0 Å². The van der Waals surface area contributed by atoms with Gasteiger partial charge in [0.1, 0.15) is 6.61 Å². The number of rotatable bonds is 6. The molecule has 1 saturated heterocycles. The van der Waals surface area contributed by atoms with Gasteiger partial charge in [0.2, 0.25) is 5.91 Å². The number of methoxy groups -OCH3 is 1. The summed E-state index contributed by atoms with van der Waals surface area (Å²) < 4.78 is 10.1. The number of para-hydroxylation sites is 2. The predicted molar refractivity (Wildman–Crippen MR) is 82.3 cm³/mol. The minimum Gasteiger partial charge on any atom is -0.397 e. The third-order valence-electron chi connectivity index (χ3n) is 3.57. The zero-order chi connectivity index (χ0) is 15.1. The van der Waals surface area contributed by atoms with Crippen LogP contribution in [0.1, 0.15) is 0 Å². The maximum absolute atomic E-state index is 12.0. The van der Waals surface area contributed by atoms with Crippen molar-refractivity contribution in [2.75, 3.05) is 63.7 Å². The van der Waals surface area contributed by atoms with Gasteiger partial charge in [-0.05, 0) is 12.1 Å². The van der Waals surface area contributed by atoms with E-state index in [0.29, 0.717) is 26.3 Å². The molecule has 0 unspecified atom stereocenters. The molecule has 2 N–H and O–H groups in total. The van der Waals surface area contributed by atoms with Crippen LogP contribution in [-0.4, -0.2) is 63.9 Å². The summed E-state index contributed by atoms with van der Waals surface area (Å²) in [4.78, 5) is 16.0. The summed E-state index contributed by atoms with van der Waals surface area (Å²) in [6.07, 6.45) is 0. The second-order valence-electron chi connectivity index (χ2n) is 4.97. The predicted octanol–water partition coefficient (Wildman–Crippen LogP) is 0.580. The summed E-state index contributed by atoms with van der Waals surface area (Å²) in [5.41, 5.74) is 7.81. The lowest BCUT2D eigenvalue weighted by Crippen LogP contribution is -2.50. The van der Waals surface area contributed by atoms with Gasteiger partial charge in [0, 0.05) is 33.3 Å². The first-order valence-electron chi connectivity index (χ1n) is 7.16. The molecule has 6 heteroatoms. The topological polar surface area (TPSA) is 68.0 Å². The summed E-state index contributed by atoms with van der Waals surface area (Å²) in [7, 11) is 1.61. The number of anilines is 2. The maximum atomic E-state index is 12.0. The fourth-order valence-electron chi connectivity index (χ4n) is 2.37. The Balaban J connectivity index is 1.78. The van der Waals surface area contributed by atoms with E-state index < -0.39 is 0 Å². The van der Waals surface area contributed by atoms with E-state index in [-0.39, 0.29) is 12.5 Å². The average molecular weight is 293 g/mol. The van der Waals surface area contributed by atoms with Crippen molar-refractivity contribution in [3.05, 3.63) is 24.3 Å². The molecule has 0 aliphatic carbocycles. The van der Waals surface area contributed by atoms with Gasteiger partial charge in [0.15, 0.2) is 0 Å². The first kappa shape index (κ1) is 15.6. The van der Waals surface area contributed by atoms with Gasteiger partial charge in [0.05, 0.1) is 24.6 Å². The zero-order valence-electron chi connectivity index (χ0n) is 12.5. The number of carbonyl (C=O) groups excluding carboxylic acids is 1. The van der Waals surface area contributed by atoms with Crippen LogP contribution in [0.2, 0.25) is 0 Å². The average Bonchev–Trinajstić information content (AvgIpc) is 2.52. The highest BCUT2D eigenvalue weighted by Gasteiger charge is 2.21. The fraction of sp³-hybridized carbons (Fsp3) is 0.533. The molecule has 0 bridgehead atoms. The van der Waals surface area contributed by atoms with Crippen LogP contribution in [0.25, 0.3) is 0 Å². The highest BCUT2D eigenvalue weighted by atomic mass is 16.5. The molecular formula is C15H23N3O3. The van der Waals surface area contributed by atoms with Gasteiger partial charge in [-0.15, -0.1) is 0 Å². The van der Waals surface area contributed by atoms with Crippen molar-refractivity contribution < 1.29 is 14.3 Å². The standard InChI is InChI=1S/C15H23N3O3/c1-20-10-11-21-12-15(19)18-8-6-17(7-9-18)14-5-3-2-4-13(14)16/h2-5H,6-12,16H2,1H3. The Labute approximate surface area is 125 Å². The van der Waals surface area contributed by atoms with Crippen molar-refractivity contribution in [2.24, 2.45) is 0 Å². The molecule has 2 rings (SSSR count). The van der Waals surface area contributed by atoms with E-state index in [9.17, 15) is 4.79 Å². The molecule has 1 aliphatic rings. The van der Waals surface area contributed by atoms with Crippen LogP contribution in [0.15, 0.2) is 24.3 Å². The molecule has 1 aliphatic heterocycles. The number of nitrogens with two attached hydrogens (primary N) is 1. The third-order valence-corrected chi connectivity index (χ3v) is 3.57. The van der Waals surface area contributed by atoms with Gasteiger partial charge in [-0.3, -0.25) is 4.79 Å². The van der Waals surface area contributed by atoms with Gasteiger partial charge in [-0.1, -0.05) is 12.1 Å². The highest BCUT2D eigenvalue weighted by Crippen LogP contribution is 2.23. The molecule has 0 atom stereocenters. The number of benzene rings is 1. The summed E-state index contributed by atoms with van der Waals surface area (Å²) in [6.45, 7) is 4.05. The normalized spacial score (nSPS) is 15.3. The Morgan fingerprint density at radius 3 is 2.57 bits per heavy atom. The maximum Gasteiger partial charge on any atom is 0.248 e. The smallest absolute Gasteiger partial charge is 0.248 e. The Morgan fingerprint density at radius 2 is 1.90 bits per heavy atom. The van der Waals surface area contributed by atoms with Gasteiger partial charge in [0.25, 0.3) is 0 Å². The van der Waals surface area contributed by atoms with Crippen molar-refractivity contribution in [1.29, 1.82) is 0 Å². The minimum absolute atomic E-state index is 0.0341. The lowest BCUT2D eigenvalue weighted by atomic mass is 10.2. The van der Waals surface area contributed by atoms with Gasteiger partial charge >= 0.3 is 0 Å². The molecule has 1 heterocycles. The van der Waals surface area contributed by atoms with E-state index >= 15 is 0 Å². The number of ether oxygens (including phenoxy) is 2.